The van der Waals surface area contributed by atoms with E-state index in [1.54, 1.807) is 7.11 Å². The largest absolute Gasteiger partial charge is 0.385 e. The molecule has 0 amide bonds. The van der Waals surface area contributed by atoms with E-state index in [-0.39, 0.29) is 0 Å². The van der Waals surface area contributed by atoms with Gasteiger partial charge in [-0.1, -0.05) is 0 Å². The fourth-order valence-electron chi connectivity index (χ4n) is 3.61. The van der Waals surface area contributed by atoms with Gasteiger partial charge in [-0.05, 0) is 50.9 Å². The van der Waals surface area contributed by atoms with Gasteiger partial charge in [0, 0.05) is 51.5 Å². The molecule has 0 aromatic heterocycles. The predicted octanol–water partition coefficient (Wildman–Crippen LogP) is 2.37. The number of ether oxygens (including phenoxy) is 3. The summed E-state index contributed by atoms with van der Waals surface area (Å²) in [6, 6.07) is 0.782. The molecule has 3 fully saturated rings. The lowest BCUT2D eigenvalue weighted by Gasteiger charge is -2.35. The molecule has 0 spiro atoms. The van der Waals surface area contributed by atoms with Crippen LogP contribution in [-0.2, 0) is 14.2 Å². The third kappa shape index (κ3) is 4.41. The first-order valence-corrected chi connectivity index (χ1v) is 8.76. The van der Waals surface area contributed by atoms with Crippen LogP contribution in [0.5, 0.6) is 0 Å². The van der Waals surface area contributed by atoms with Crippen LogP contribution in [0, 0.1) is 11.3 Å². The Bertz CT molecular complexity index is 317. The molecule has 0 aromatic carbocycles. The second-order valence-corrected chi connectivity index (χ2v) is 7.11. The monoisotopic (exact) mass is 297 g/mol. The first-order chi connectivity index (χ1) is 10.3. The maximum absolute atomic E-state index is 6.13. The summed E-state index contributed by atoms with van der Waals surface area (Å²) in [5, 5.41) is 3.76. The highest BCUT2D eigenvalue weighted by atomic mass is 16.5. The van der Waals surface area contributed by atoms with Gasteiger partial charge in [-0.3, -0.25) is 0 Å². The molecule has 1 heterocycles. The van der Waals surface area contributed by atoms with Gasteiger partial charge in [-0.2, -0.15) is 0 Å². The van der Waals surface area contributed by atoms with Crippen LogP contribution < -0.4 is 5.32 Å². The Balaban J connectivity index is 1.46. The Kier molecular flexibility index (Phi) is 5.54. The third-order valence-corrected chi connectivity index (χ3v) is 5.25. The summed E-state index contributed by atoms with van der Waals surface area (Å²) in [7, 11) is 1.74. The van der Waals surface area contributed by atoms with E-state index in [1.165, 1.54) is 32.1 Å². The number of hydrogen-bond acceptors (Lipinski definition) is 4. The van der Waals surface area contributed by atoms with Gasteiger partial charge in [0.2, 0.25) is 0 Å². The molecule has 4 heteroatoms. The molecule has 2 unspecified atom stereocenters. The van der Waals surface area contributed by atoms with Crippen molar-refractivity contribution in [3.63, 3.8) is 0 Å². The van der Waals surface area contributed by atoms with Crippen LogP contribution in [-0.4, -0.2) is 52.2 Å². The minimum atomic E-state index is 0.324. The van der Waals surface area contributed by atoms with Gasteiger partial charge in [0.1, 0.15) is 0 Å². The quantitative estimate of drug-likeness (QED) is 0.594. The molecule has 2 atom stereocenters. The second-order valence-electron chi connectivity index (χ2n) is 7.11. The van der Waals surface area contributed by atoms with Crippen molar-refractivity contribution in [1.82, 2.24) is 5.32 Å². The zero-order chi connectivity index (χ0) is 14.5. The van der Waals surface area contributed by atoms with Gasteiger partial charge in [-0.15, -0.1) is 0 Å². The molecule has 1 aliphatic heterocycles. The van der Waals surface area contributed by atoms with E-state index in [9.17, 15) is 0 Å². The Hall–Kier alpha value is -0.160. The number of hydrogen-bond donors (Lipinski definition) is 1. The summed E-state index contributed by atoms with van der Waals surface area (Å²) in [4.78, 5) is 0. The Morgan fingerprint density at radius 3 is 2.71 bits per heavy atom. The van der Waals surface area contributed by atoms with Crippen molar-refractivity contribution >= 4 is 0 Å². The van der Waals surface area contributed by atoms with Crippen LogP contribution >= 0.6 is 0 Å². The molecule has 122 valence electrons. The Morgan fingerprint density at radius 2 is 2.00 bits per heavy atom. The van der Waals surface area contributed by atoms with Gasteiger partial charge >= 0.3 is 0 Å². The molecule has 2 aliphatic carbocycles. The van der Waals surface area contributed by atoms with Crippen molar-refractivity contribution in [3.8, 4) is 0 Å². The maximum atomic E-state index is 6.13. The first-order valence-electron chi connectivity index (χ1n) is 8.76. The normalized spacial score (nSPS) is 32.7. The molecule has 4 nitrogen and oxygen atoms in total. The van der Waals surface area contributed by atoms with E-state index < -0.39 is 0 Å². The predicted molar refractivity (Wildman–Crippen MR) is 82.5 cm³/mol. The van der Waals surface area contributed by atoms with Crippen molar-refractivity contribution in [2.24, 2.45) is 11.3 Å². The minimum Gasteiger partial charge on any atom is -0.385 e. The van der Waals surface area contributed by atoms with E-state index in [1.807, 2.05) is 0 Å². The molecule has 1 saturated heterocycles. The smallest absolute Gasteiger partial charge is 0.0673 e. The Morgan fingerprint density at radius 1 is 1.14 bits per heavy atom. The summed E-state index contributed by atoms with van der Waals surface area (Å²) in [6.45, 7) is 4.54. The third-order valence-electron chi connectivity index (χ3n) is 5.25. The van der Waals surface area contributed by atoms with Gasteiger partial charge in [-0.25, -0.2) is 0 Å². The van der Waals surface area contributed by atoms with Gasteiger partial charge in [0.25, 0.3) is 0 Å². The molecule has 0 aromatic rings. The summed E-state index contributed by atoms with van der Waals surface area (Å²) in [5.41, 5.74) is 0.324. The van der Waals surface area contributed by atoms with E-state index in [0.717, 1.165) is 57.8 Å². The van der Waals surface area contributed by atoms with E-state index >= 15 is 0 Å². The summed E-state index contributed by atoms with van der Waals surface area (Å²) >= 11 is 0. The van der Waals surface area contributed by atoms with Gasteiger partial charge < -0.3 is 19.5 Å². The molecule has 1 N–H and O–H groups in total. The average molecular weight is 297 g/mol. The summed E-state index contributed by atoms with van der Waals surface area (Å²) < 4.78 is 17.0. The van der Waals surface area contributed by atoms with Crippen LogP contribution in [0.25, 0.3) is 0 Å². The molecule has 0 bridgehead atoms. The van der Waals surface area contributed by atoms with Crippen molar-refractivity contribution in [2.75, 3.05) is 40.1 Å². The van der Waals surface area contributed by atoms with Crippen molar-refractivity contribution in [2.45, 2.75) is 57.1 Å². The fraction of sp³-hybridized carbons (Fsp3) is 1.00. The molecular formula is C17H31NO3. The SMILES string of the molecule is COCCCOCCC1(CNC2CC2)CCOC1C1CC1. The van der Waals surface area contributed by atoms with Crippen LogP contribution in [0.4, 0.5) is 0 Å². The van der Waals surface area contributed by atoms with Gasteiger partial charge in [0.15, 0.2) is 0 Å². The average Bonchev–Trinajstić information content (AvgIpc) is 3.41. The molecular weight excluding hydrogens is 266 g/mol. The number of nitrogens with one attached hydrogen (secondary N) is 1. The molecule has 21 heavy (non-hydrogen) atoms. The van der Waals surface area contributed by atoms with Gasteiger partial charge in [0.05, 0.1) is 6.10 Å². The second kappa shape index (κ2) is 7.40. The Labute approximate surface area is 128 Å². The van der Waals surface area contributed by atoms with Crippen LogP contribution in [0.1, 0.15) is 44.9 Å². The minimum absolute atomic E-state index is 0.324. The topological polar surface area (TPSA) is 39.7 Å². The standard InChI is InChI=1S/C17H31NO3/c1-19-9-2-10-20-11-7-17(13-18-15-5-6-15)8-12-21-16(17)14-3-4-14/h14-16,18H,2-13H2,1H3. The van der Waals surface area contributed by atoms with Crippen LogP contribution in [0.2, 0.25) is 0 Å². The van der Waals surface area contributed by atoms with E-state index in [2.05, 4.69) is 5.32 Å². The van der Waals surface area contributed by atoms with Crippen LogP contribution in [0.15, 0.2) is 0 Å². The number of methoxy groups -OCH3 is 1. The highest BCUT2D eigenvalue weighted by molar-refractivity contribution is 5.01. The zero-order valence-corrected chi connectivity index (χ0v) is 13.4. The van der Waals surface area contributed by atoms with E-state index in [0.29, 0.717) is 11.5 Å². The summed E-state index contributed by atoms with van der Waals surface area (Å²) in [5.74, 6) is 0.821. The fourth-order valence-corrected chi connectivity index (χ4v) is 3.61. The number of rotatable bonds is 11. The van der Waals surface area contributed by atoms with Crippen molar-refractivity contribution in [3.05, 3.63) is 0 Å². The lowest BCUT2D eigenvalue weighted by atomic mass is 9.76. The van der Waals surface area contributed by atoms with Crippen molar-refractivity contribution in [1.29, 1.82) is 0 Å². The van der Waals surface area contributed by atoms with E-state index in [4.69, 9.17) is 14.2 Å². The lowest BCUT2D eigenvalue weighted by molar-refractivity contribution is 0.00659. The van der Waals surface area contributed by atoms with Crippen LogP contribution in [0.3, 0.4) is 0 Å². The van der Waals surface area contributed by atoms with Crippen molar-refractivity contribution < 1.29 is 14.2 Å². The molecule has 2 saturated carbocycles. The first kappa shape index (κ1) is 15.7. The molecule has 3 aliphatic rings. The zero-order valence-electron chi connectivity index (χ0n) is 13.4. The maximum Gasteiger partial charge on any atom is 0.0673 e. The molecule has 3 rings (SSSR count). The molecule has 0 radical (unpaired) electrons. The lowest BCUT2D eigenvalue weighted by Crippen LogP contribution is -2.43. The highest BCUT2D eigenvalue weighted by Crippen LogP contribution is 2.49. The summed E-state index contributed by atoms with van der Waals surface area (Å²) in [6.07, 6.45) is 9.26. The highest BCUT2D eigenvalue weighted by Gasteiger charge is 2.50.